The molecule has 1 saturated heterocycles. The molecule has 226 valence electrons. The molecule has 1 heterocycles. The molecule has 8 aliphatic carbocycles. The summed E-state index contributed by atoms with van der Waals surface area (Å²) >= 11 is 4.64. The van der Waals surface area contributed by atoms with E-state index in [2.05, 4.69) is 16.9 Å². The third-order valence-corrected chi connectivity index (χ3v) is 10.8. The highest BCUT2D eigenvalue weighted by Crippen LogP contribution is 2.59. The van der Waals surface area contributed by atoms with Crippen molar-refractivity contribution >= 4 is 34.3 Å². The van der Waals surface area contributed by atoms with Crippen LogP contribution in [0.5, 0.6) is 0 Å². The Labute approximate surface area is 245 Å². The van der Waals surface area contributed by atoms with E-state index in [-0.39, 0.29) is 28.1 Å². The lowest BCUT2D eigenvalue weighted by atomic mass is 9.48. The highest BCUT2D eigenvalue weighted by atomic mass is 35.5. The Hall–Kier alpha value is -1.31. The number of nitrogens with two attached hydrogens (primary N) is 1. The first-order valence-electron chi connectivity index (χ1n) is 15.6. The van der Waals surface area contributed by atoms with Gasteiger partial charge in [0, 0.05) is 50.0 Å². The Morgan fingerprint density at radius 2 is 1.10 bits per heavy atom. The van der Waals surface area contributed by atoms with Gasteiger partial charge in [0.2, 0.25) is 11.1 Å². The minimum atomic E-state index is -0.361. The maximum absolute atomic E-state index is 11.8. The number of halogens is 1. The lowest BCUT2D eigenvalue weighted by Crippen LogP contribution is -2.62. The first kappa shape index (κ1) is 31.6. The third-order valence-electron chi connectivity index (χ3n) is 10.8. The molecule has 9 fully saturated rings. The zero-order valence-electron chi connectivity index (χ0n) is 25.0. The predicted molar refractivity (Wildman–Crippen MR) is 156 cm³/mol. The van der Waals surface area contributed by atoms with Crippen LogP contribution in [0.3, 0.4) is 0 Å². The number of carbonyl (C=O) groups is 4. The summed E-state index contributed by atoms with van der Waals surface area (Å²) in [5, 5.41) is 2.84. The lowest BCUT2D eigenvalue weighted by molar-refractivity contribution is -0.139. The van der Waals surface area contributed by atoms with Crippen molar-refractivity contribution in [2.45, 2.75) is 116 Å². The van der Waals surface area contributed by atoms with Gasteiger partial charge in [-0.05, 0) is 138 Å². The molecule has 3 N–H and O–H groups in total. The molecule has 8 bridgehead atoms. The number of nitrogens with one attached hydrogen (secondary N) is 1. The maximum Gasteiger partial charge on any atom is 0.218 e. The van der Waals surface area contributed by atoms with Crippen LogP contribution in [-0.4, -0.2) is 47.0 Å². The van der Waals surface area contributed by atoms with Crippen LogP contribution in [0, 0.1) is 47.3 Å². The number of ether oxygens (including phenoxy) is 1. The van der Waals surface area contributed by atoms with Gasteiger partial charge in [0.25, 0.3) is 0 Å². The second kappa shape index (κ2) is 12.9. The average molecular weight is 579 g/mol. The van der Waals surface area contributed by atoms with Crippen molar-refractivity contribution < 1.29 is 23.9 Å². The first-order valence-corrected chi connectivity index (χ1v) is 16.0. The number of rotatable bonds is 3. The maximum atomic E-state index is 11.8. The Bertz CT molecular complexity index is 921. The molecule has 0 aromatic carbocycles. The molecule has 4 atom stereocenters. The molecule has 0 aromatic rings. The smallest absolute Gasteiger partial charge is 0.218 e. The van der Waals surface area contributed by atoms with Crippen molar-refractivity contribution in [2.75, 3.05) is 13.2 Å². The molecule has 0 aromatic heterocycles. The topological polar surface area (TPSA) is 116 Å². The molecule has 0 radical (unpaired) electrons. The third kappa shape index (κ3) is 7.55. The molecule has 9 aliphatic rings. The number of hydrogen-bond donors (Lipinski definition) is 2. The molecule has 40 heavy (non-hydrogen) atoms. The van der Waals surface area contributed by atoms with Crippen molar-refractivity contribution in [3.8, 4) is 0 Å². The molecule has 1 aliphatic heterocycles. The molecule has 8 saturated carbocycles. The second-order valence-electron chi connectivity index (χ2n) is 14.3. The van der Waals surface area contributed by atoms with Crippen molar-refractivity contribution in [1.29, 1.82) is 0 Å². The Balaban J connectivity index is 0.000000143. The zero-order valence-corrected chi connectivity index (χ0v) is 25.8. The highest BCUT2D eigenvalue weighted by Gasteiger charge is 2.57. The van der Waals surface area contributed by atoms with E-state index in [9.17, 15) is 19.2 Å². The molecule has 8 heteroatoms. The molecule has 4 unspecified atom stereocenters. The minimum Gasteiger partial charge on any atom is -0.381 e. The van der Waals surface area contributed by atoms with Crippen molar-refractivity contribution in [3.63, 3.8) is 0 Å². The lowest BCUT2D eigenvalue weighted by Gasteiger charge is -2.59. The molecule has 1 amide bonds. The van der Waals surface area contributed by atoms with Gasteiger partial charge < -0.3 is 15.8 Å². The van der Waals surface area contributed by atoms with Gasteiger partial charge in [-0.25, -0.2) is 0 Å². The standard InChI is InChI=1S/C14H21NO2.C12H19NO.C4H8O.C2H3ClO/c1-8(16)13-11-3-10-4-12(13)7-14(5-10,6-11)15-9(2)17;1-7(14)11-9-2-8-3-10(11)6-12(13,4-8)5-9;1-2-4-5-3-1;1-2(3)4/h10-13H,3-7H2,1-2H3,(H,15,17);8-11H,2-6,13H2,1H3;1-4H2;1H3. The van der Waals surface area contributed by atoms with Gasteiger partial charge in [-0.1, -0.05) is 0 Å². The van der Waals surface area contributed by atoms with E-state index in [4.69, 9.17) is 10.5 Å². The number of hydrogen-bond acceptors (Lipinski definition) is 6. The quantitative estimate of drug-likeness (QED) is 0.444. The van der Waals surface area contributed by atoms with Crippen LogP contribution in [0.15, 0.2) is 0 Å². The van der Waals surface area contributed by atoms with Gasteiger partial charge >= 0.3 is 0 Å². The molecular formula is C32H51ClN2O5. The second-order valence-corrected chi connectivity index (χ2v) is 14.9. The number of amides is 1. The average Bonchev–Trinajstić information content (AvgIpc) is 3.36. The number of carbonyl (C=O) groups excluding carboxylic acids is 4. The van der Waals surface area contributed by atoms with E-state index < -0.39 is 0 Å². The molecule has 0 spiro atoms. The van der Waals surface area contributed by atoms with Crippen LogP contribution < -0.4 is 11.1 Å². The summed E-state index contributed by atoms with van der Waals surface area (Å²) in [5.74, 6) is 5.44. The minimum absolute atomic E-state index is 0.0360. The van der Waals surface area contributed by atoms with Crippen LogP contribution in [-0.2, 0) is 23.9 Å². The van der Waals surface area contributed by atoms with Crippen LogP contribution in [0.4, 0.5) is 0 Å². The van der Waals surface area contributed by atoms with Gasteiger partial charge in [-0.3, -0.25) is 19.2 Å². The van der Waals surface area contributed by atoms with Crippen molar-refractivity contribution in [1.82, 2.24) is 5.32 Å². The Morgan fingerprint density at radius 3 is 1.43 bits per heavy atom. The Morgan fingerprint density at radius 1 is 0.700 bits per heavy atom. The summed E-state index contributed by atoms with van der Waals surface area (Å²) < 4.78 is 4.94. The van der Waals surface area contributed by atoms with Crippen molar-refractivity contribution in [3.05, 3.63) is 0 Å². The largest absolute Gasteiger partial charge is 0.381 e. The molecule has 7 nitrogen and oxygen atoms in total. The Kier molecular flexibility index (Phi) is 10.2. The van der Waals surface area contributed by atoms with E-state index in [1.807, 2.05) is 0 Å². The van der Waals surface area contributed by atoms with E-state index in [1.54, 1.807) is 20.8 Å². The first-order chi connectivity index (χ1) is 18.8. The summed E-state index contributed by atoms with van der Waals surface area (Å²) in [7, 11) is 0. The highest BCUT2D eigenvalue weighted by molar-refractivity contribution is 6.62. The van der Waals surface area contributed by atoms with Crippen LogP contribution >= 0.6 is 11.6 Å². The van der Waals surface area contributed by atoms with Gasteiger partial charge in [0.15, 0.2) is 0 Å². The van der Waals surface area contributed by atoms with Crippen LogP contribution in [0.2, 0.25) is 0 Å². The number of ketones is 2. The summed E-state index contributed by atoms with van der Waals surface area (Å²) in [6, 6.07) is 0. The van der Waals surface area contributed by atoms with Crippen LogP contribution in [0.1, 0.15) is 105 Å². The summed E-state index contributed by atoms with van der Waals surface area (Å²) in [5.41, 5.74) is 6.52. The van der Waals surface area contributed by atoms with Crippen molar-refractivity contribution in [2.24, 2.45) is 53.1 Å². The fourth-order valence-electron chi connectivity index (χ4n) is 10.5. The monoisotopic (exact) mass is 578 g/mol. The number of Topliss-reactive ketones (excluding diaryl/α,β-unsaturated/α-hetero) is 2. The molecular weight excluding hydrogens is 528 g/mol. The fraction of sp³-hybridized carbons (Fsp3) is 0.875. The van der Waals surface area contributed by atoms with Gasteiger partial charge in [-0.2, -0.15) is 0 Å². The van der Waals surface area contributed by atoms with Gasteiger partial charge in [-0.15, -0.1) is 0 Å². The van der Waals surface area contributed by atoms with Crippen LogP contribution in [0.25, 0.3) is 0 Å². The van der Waals surface area contributed by atoms with Gasteiger partial charge in [0.1, 0.15) is 11.6 Å². The van der Waals surface area contributed by atoms with E-state index >= 15 is 0 Å². The summed E-state index contributed by atoms with van der Waals surface area (Å²) in [6.07, 6.45) is 14.2. The van der Waals surface area contributed by atoms with E-state index in [0.29, 0.717) is 41.2 Å². The summed E-state index contributed by atoms with van der Waals surface area (Å²) in [6.45, 7) is 8.43. The predicted octanol–water partition coefficient (Wildman–Crippen LogP) is 5.20. The fourth-order valence-corrected chi connectivity index (χ4v) is 10.5. The summed E-state index contributed by atoms with van der Waals surface area (Å²) in [4.78, 5) is 43.9. The molecule has 9 rings (SSSR count). The zero-order chi connectivity index (χ0) is 29.2. The normalized spacial score (nSPS) is 42.9. The van der Waals surface area contributed by atoms with E-state index in [0.717, 1.165) is 57.2 Å². The SMILES string of the molecule is C1CCOC1.CC(=O)C1C2CC3CC1CC(N)(C3)C2.CC(=O)Cl.CC(=O)NC12CC3CC(C1)C(C(C)=O)C(C3)C2. The van der Waals surface area contributed by atoms with Gasteiger partial charge in [0.05, 0.1) is 0 Å². The van der Waals surface area contributed by atoms with E-state index in [1.165, 1.54) is 51.9 Å².